The molecule has 1 aromatic carbocycles. The number of carbonyl (C=O) groups excluding carboxylic acids is 1. The van der Waals surface area contributed by atoms with E-state index < -0.39 is 6.61 Å². The van der Waals surface area contributed by atoms with Crippen LogP contribution in [0.3, 0.4) is 0 Å². The lowest BCUT2D eigenvalue weighted by atomic mass is 10.0. The van der Waals surface area contributed by atoms with Crippen molar-refractivity contribution in [2.24, 2.45) is 0 Å². The highest BCUT2D eigenvalue weighted by Crippen LogP contribution is 2.23. The number of amides is 2. The second-order valence-corrected chi connectivity index (χ2v) is 7.34. The van der Waals surface area contributed by atoms with Gasteiger partial charge < -0.3 is 19.9 Å². The van der Waals surface area contributed by atoms with E-state index in [0.717, 1.165) is 26.2 Å². The highest BCUT2D eigenvalue weighted by molar-refractivity contribution is 5.90. The van der Waals surface area contributed by atoms with Gasteiger partial charge in [-0.2, -0.15) is 8.78 Å². The van der Waals surface area contributed by atoms with Crippen LogP contribution >= 0.6 is 0 Å². The maximum atomic E-state index is 12.5. The summed E-state index contributed by atoms with van der Waals surface area (Å²) in [7, 11) is 2.16. The Labute approximate surface area is 159 Å². The first-order valence-electron chi connectivity index (χ1n) is 9.46. The molecule has 0 bridgehead atoms. The van der Waals surface area contributed by atoms with E-state index in [1.54, 1.807) is 13.0 Å². The number of anilines is 1. The van der Waals surface area contributed by atoms with Crippen molar-refractivity contribution in [2.45, 2.75) is 32.4 Å². The summed E-state index contributed by atoms with van der Waals surface area (Å²) in [6, 6.07) is 5.01. The summed E-state index contributed by atoms with van der Waals surface area (Å²) in [5.74, 6) is 0.0900. The number of nitrogens with zero attached hydrogens (tertiary/aromatic N) is 3. The zero-order chi connectivity index (χ0) is 19.4. The van der Waals surface area contributed by atoms with Crippen LogP contribution in [0.1, 0.15) is 18.4 Å². The number of rotatable bonds is 4. The molecule has 6 nitrogen and oxygen atoms in total. The van der Waals surface area contributed by atoms with Gasteiger partial charge in [-0.25, -0.2) is 4.79 Å². The fraction of sp³-hybridized carbons (Fsp3) is 0.632. The molecule has 8 heteroatoms. The molecule has 1 N–H and O–H groups in total. The van der Waals surface area contributed by atoms with E-state index >= 15 is 0 Å². The summed E-state index contributed by atoms with van der Waals surface area (Å²) in [4.78, 5) is 19.2. The van der Waals surface area contributed by atoms with E-state index in [9.17, 15) is 13.6 Å². The number of hydrogen-bond donors (Lipinski definition) is 1. The lowest BCUT2D eigenvalue weighted by Crippen LogP contribution is -2.54. The molecule has 0 aromatic heterocycles. The van der Waals surface area contributed by atoms with Crippen molar-refractivity contribution in [1.29, 1.82) is 0 Å². The lowest BCUT2D eigenvalue weighted by Gasteiger charge is -2.42. The number of nitrogens with one attached hydrogen (secondary N) is 1. The number of piperazine rings is 1. The van der Waals surface area contributed by atoms with Gasteiger partial charge in [0.05, 0.1) is 0 Å². The third kappa shape index (κ3) is 5.29. The number of carbonyl (C=O) groups is 1. The first-order chi connectivity index (χ1) is 12.9. The van der Waals surface area contributed by atoms with Crippen molar-refractivity contribution in [3.63, 3.8) is 0 Å². The molecule has 0 aliphatic carbocycles. The second-order valence-electron chi connectivity index (χ2n) is 7.34. The molecule has 3 rings (SSSR count). The summed E-state index contributed by atoms with van der Waals surface area (Å²) in [6.07, 6.45) is 2.38. The molecule has 2 heterocycles. The Morgan fingerprint density at radius 3 is 2.41 bits per heavy atom. The van der Waals surface area contributed by atoms with Crippen molar-refractivity contribution in [3.8, 4) is 5.75 Å². The minimum Gasteiger partial charge on any atom is -0.435 e. The smallest absolute Gasteiger partial charge is 0.387 e. The third-order valence-electron chi connectivity index (χ3n) is 5.47. The van der Waals surface area contributed by atoms with E-state index in [0.29, 0.717) is 30.4 Å². The van der Waals surface area contributed by atoms with E-state index in [1.807, 2.05) is 4.90 Å². The quantitative estimate of drug-likeness (QED) is 0.870. The molecular weight excluding hydrogens is 354 g/mol. The van der Waals surface area contributed by atoms with E-state index in [-0.39, 0.29) is 11.8 Å². The molecule has 2 aliphatic heterocycles. The SMILES string of the molecule is Cc1cc(OC(F)F)ccc1NC(=O)N1CCN(C2CCN(C)CC2)CC1. The van der Waals surface area contributed by atoms with Gasteiger partial charge in [0.1, 0.15) is 5.75 Å². The van der Waals surface area contributed by atoms with Gasteiger partial charge in [0, 0.05) is 37.9 Å². The van der Waals surface area contributed by atoms with E-state index in [4.69, 9.17) is 0 Å². The molecule has 0 spiro atoms. The number of ether oxygens (including phenoxy) is 1. The fourth-order valence-electron chi connectivity index (χ4n) is 3.80. The van der Waals surface area contributed by atoms with Gasteiger partial charge in [-0.05, 0) is 63.7 Å². The highest BCUT2D eigenvalue weighted by Gasteiger charge is 2.28. The summed E-state index contributed by atoms with van der Waals surface area (Å²) in [5.41, 5.74) is 1.30. The lowest BCUT2D eigenvalue weighted by molar-refractivity contribution is -0.0498. The number of aryl methyl sites for hydroxylation is 1. The minimum atomic E-state index is -2.86. The Hall–Kier alpha value is -1.93. The Morgan fingerprint density at radius 2 is 1.81 bits per heavy atom. The van der Waals surface area contributed by atoms with Crippen molar-refractivity contribution in [3.05, 3.63) is 23.8 Å². The topological polar surface area (TPSA) is 48.1 Å². The highest BCUT2D eigenvalue weighted by atomic mass is 19.3. The molecule has 150 valence electrons. The van der Waals surface area contributed by atoms with Gasteiger partial charge in [-0.3, -0.25) is 4.90 Å². The number of urea groups is 1. The summed E-state index contributed by atoms with van der Waals surface area (Å²) < 4.78 is 29.0. The molecule has 1 aromatic rings. The van der Waals surface area contributed by atoms with Crippen LogP contribution < -0.4 is 10.1 Å². The van der Waals surface area contributed by atoms with Crippen LogP contribution in [0.2, 0.25) is 0 Å². The van der Waals surface area contributed by atoms with Gasteiger partial charge in [0.25, 0.3) is 0 Å². The summed E-state index contributed by atoms with van der Waals surface area (Å²) >= 11 is 0. The molecule has 27 heavy (non-hydrogen) atoms. The van der Waals surface area contributed by atoms with Crippen LogP contribution in [-0.2, 0) is 0 Å². The minimum absolute atomic E-state index is 0.0900. The average molecular weight is 382 g/mol. The number of hydrogen-bond acceptors (Lipinski definition) is 4. The Morgan fingerprint density at radius 1 is 1.15 bits per heavy atom. The standard InChI is InChI=1S/C19H28F2N4O2/c1-14-13-16(27-18(20)21)3-4-17(14)22-19(26)25-11-9-24(10-12-25)15-5-7-23(2)8-6-15/h3-4,13,15,18H,5-12H2,1-2H3,(H,22,26). The number of likely N-dealkylation sites (tertiary alicyclic amines) is 1. The van der Waals surface area contributed by atoms with Crippen LogP contribution in [0.5, 0.6) is 5.75 Å². The molecule has 2 aliphatic rings. The van der Waals surface area contributed by atoms with Crippen LogP contribution in [0.25, 0.3) is 0 Å². The van der Waals surface area contributed by atoms with Gasteiger partial charge in [-0.1, -0.05) is 0 Å². The molecule has 2 fully saturated rings. The maximum absolute atomic E-state index is 12.5. The first kappa shape index (κ1) is 19.8. The molecule has 0 radical (unpaired) electrons. The van der Waals surface area contributed by atoms with Crippen molar-refractivity contribution >= 4 is 11.7 Å². The van der Waals surface area contributed by atoms with E-state index in [2.05, 4.69) is 26.9 Å². The van der Waals surface area contributed by atoms with Gasteiger partial charge >= 0.3 is 12.6 Å². The predicted octanol–water partition coefficient (Wildman–Crippen LogP) is 2.84. The number of alkyl halides is 2. The molecule has 0 saturated carbocycles. The largest absolute Gasteiger partial charge is 0.435 e. The molecule has 2 amide bonds. The zero-order valence-corrected chi connectivity index (χ0v) is 16.0. The predicted molar refractivity (Wildman–Crippen MR) is 100 cm³/mol. The fourth-order valence-corrected chi connectivity index (χ4v) is 3.80. The van der Waals surface area contributed by atoms with Crippen LogP contribution in [0, 0.1) is 6.92 Å². The summed E-state index contributed by atoms with van der Waals surface area (Å²) in [5, 5.41) is 2.88. The third-order valence-corrected chi connectivity index (χ3v) is 5.47. The van der Waals surface area contributed by atoms with Gasteiger partial charge in [-0.15, -0.1) is 0 Å². The van der Waals surface area contributed by atoms with E-state index in [1.165, 1.54) is 25.0 Å². The monoisotopic (exact) mass is 382 g/mol. The van der Waals surface area contributed by atoms with Crippen LogP contribution in [0.4, 0.5) is 19.3 Å². The normalized spacial score (nSPS) is 20.1. The Bertz CT molecular complexity index is 643. The van der Waals surface area contributed by atoms with Crippen molar-refractivity contribution < 1.29 is 18.3 Å². The van der Waals surface area contributed by atoms with Gasteiger partial charge in [0.2, 0.25) is 0 Å². The van der Waals surface area contributed by atoms with Crippen LogP contribution in [-0.4, -0.2) is 79.7 Å². The molecule has 0 unspecified atom stereocenters. The number of piperidine rings is 1. The molecular formula is C19H28F2N4O2. The zero-order valence-electron chi connectivity index (χ0n) is 16.0. The first-order valence-corrected chi connectivity index (χ1v) is 9.46. The summed E-state index contributed by atoms with van der Waals surface area (Å²) in [6.45, 7) is 4.35. The average Bonchev–Trinajstić information content (AvgIpc) is 2.64. The van der Waals surface area contributed by atoms with Crippen molar-refractivity contribution in [1.82, 2.24) is 14.7 Å². The Kier molecular flexibility index (Phi) is 6.49. The van der Waals surface area contributed by atoms with Crippen molar-refractivity contribution in [2.75, 3.05) is 51.6 Å². The molecule has 2 saturated heterocycles. The maximum Gasteiger partial charge on any atom is 0.387 e. The number of halogens is 2. The Balaban J connectivity index is 1.49. The molecule has 0 atom stereocenters. The van der Waals surface area contributed by atoms with Crippen LogP contribution in [0.15, 0.2) is 18.2 Å². The second kappa shape index (κ2) is 8.84. The number of benzene rings is 1. The van der Waals surface area contributed by atoms with Gasteiger partial charge in [0.15, 0.2) is 0 Å².